The van der Waals surface area contributed by atoms with Crippen molar-refractivity contribution in [3.8, 4) is 55.6 Å². The summed E-state index contributed by atoms with van der Waals surface area (Å²) in [6, 6.07) is 33.7. The molecular formula is C58H39NO. The van der Waals surface area contributed by atoms with Gasteiger partial charge in [0.15, 0.2) is 0 Å². The Morgan fingerprint density at radius 1 is 0.350 bits per heavy atom. The van der Waals surface area contributed by atoms with Crippen LogP contribution in [-0.2, 0) is 0 Å². The van der Waals surface area contributed by atoms with Gasteiger partial charge in [0.2, 0.25) is 0 Å². The van der Waals surface area contributed by atoms with E-state index in [0.717, 1.165) is 16.7 Å². The van der Waals surface area contributed by atoms with Gasteiger partial charge in [-0.3, -0.25) is 0 Å². The van der Waals surface area contributed by atoms with Crippen molar-refractivity contribution in [1.82, 2.24) is 0 Å². The van der Waals surface area contributed by atoms with Crippen molar-refractivity contribution in [2.75, 3.05) is 4.90 Å². The first-order valence-electron chi connectivity index (χ1n) is 27.6. The van der Waals surface area contributed by atoms with Crippen LogP contribution in [0.5, 0.6) is 0 Å². The van der Waals surface area contributed by atoms with E-state index in [2.05, 4.69) is 0 Å². The number of hydrogen-bond acceptors (Lipinski definition) is 2. The Bertz CT molecular complexity index is 4240. The Morgan fingerprint density at radius 3 is 1.63 bits per heavy atom. The SMILES string of the molecule is [2H]c1c([2H])c([2H])c(-c2ccc(N(c3ccc(-c4cccc(-c5cc([2H])c6c(c5)c([2H])c([2H])c5oc7c([2H])c([2H])c([2H])c([2H])c7c56)c4)cc3)c3ccc(-c4c([2H])c([2H])c([2H])c([2H])c4[2H])cc3-c3ccccc3)cc2)c([2H])c1[2H]. The average molecular weight is 783 g/mol. The zero-order chi connectivity index (χ0) is 54.6. The summed E-state index contributed by atoms with van der Waals surface area (Å²) < 4.78 is 151. The lowest BCUT2D eigenvalue weighted by atomic mass is 9.95. The van der Waals surface area contributed by atoms with Gasteiger partial charge in [-0.15, -0.1) is 0 Å². The predicted octanol–water partition coefficient (Wildman–Crippen LogP) is 16.5. The molecule has 60 heavy (non-hydrogen) atoms. The number of hydrogen-bond donors (Lipinski definition) is 0. The van der Waals surface area contributed by atoms with Gasteiger partial charge >= 0.3 is 0 Å². The Labute approximate surface area is 373 Å². The Morgan fingerprint density at radius 2 is 0.917 bits per heavy atom. The molecule has 11 aromatic rings. The lowest BCUT2D eigenvalue weighted by molar-refractivity contribution is 0.669. The third kappa shape index (κ3) is 6.51. The minimum atomic E-state index is -0.506. The van der Waals surface area contributed by atoms with Crippen LogP contribution in [0.15, 0.2) is 241 Å². The third-order valence-electron chi connectivity index (χ3n) is 10.5. The standard InChI is InChI=1S/C58H39NO/c1-4-13-40(14-5-1)42-23-30-50(31-24-42)59(55-35-28-48(41-15-6-2-7-16-41)39-54(55)44-17-8-3-9-18-44)51-32-25-43(26-33-51)45-19-12-20-46(37-45)47-27-34-52-49(38-47)29-36-57-58(52)53-21-10-11-22-56(53)60-57/h1-39H/i1D,2D,4D,5D,6D,7D,10D,11D,13D,14D,15D,16D,21D,22D,29D,34D,36D. The molecular weight excluding hydrogens is 727 g/mol. The zero-order valence-electron chi connectivity index (χ0n) is 48.6. The molecule has 0 N–H and O–H groups in total. The number of benzene rings is 10. The molecule has 0 saturated heterocycles. The van der Waals surface area contributed by atoms with Crippen LogP contribution in [-0.4, -0.2) is 0 Å². The molecule has 0 radical (unpaired) electrons. The maximum atomic E-state index is 9.27. The molecule has 2 nitrogen and oxygen atoms in total. The molecule has 1 heterocycles. The molecule has 0 aliphatic rings. The van der Waals surface area contributed by atoms with E-state index in [1.54, 1.807) is 48.5 Å². The highest BCUT2D eigenvalue weighted by Gasteiger charge is 2.19. The highest BCUT2D eigenvalue weighted by molar-refractivity contribution is 6.19. The van der Waals surface area contributed by atoms with Gasteiger partial charge in [-0.2, -0.15) is 0 Å². The fourth-order valence-corrected chi connectivity index (χ4v) is 7.65. The van der Waals surface area contributed by atoms with Crippen LogP contribution in [0.25, 0.3) is 88.3 Å². The van der Waals surface area contributed by atoms with Crippen molar-refractivity contribution < 1.29 is 27.7 Å². The quantitative estimate of drug-likeness (QED) is 0.153. The van der Waals surface area contributed by atoms with E-state index in [9.17, 15) is 1.37 Å². The normalized spacial score (nSPS) is 15.3. The molecule has 2 heteroatoms. The van der Waals surface area contributed by atoms with Crippen LogP contribution in [0.1, 0.15) is 23.3 Å². The summed E-state index contributed by atoms with van der Waals surface area (Å²) in [4.78, 5) is 1.97. The third-order valence-corrected chi connectivity index (χ3v) is 10.5. The summed E-state index contributed by atoms with van der Waals surface area (Å²) in [6.07, 6.45) is 0. The van der Waals surface area contributed by atoms with Gasteiger partial charge in [0.1, 0.15) is 11.2 Å². The van der Waals surface area contributed by atoms with Crippen molar-refractivity contribution in [2.24, 2.45) is 0 Å². The first-order chi connectivity index (χ1) is 36.8. The number of anilines is 3. The second-order valence-electron chi connectivity index (χ2n) is 14.0. The molecule has 1 aromatic heterocycles. The van der Waals surface area contributed by atoms with Crippen LogP contribution in [0, 0.1) is 0 Å². The molecule has 0 saturated carbocycles. The fraction of sp³-hybridized carbons (Fsp3) is 0. The van der Waals surface area contributed by atoms with Crippen LogP contribution in [0.3, 0.4) is 0 Å². The van der Waals surface area contributed by atoms with Gasteiger partial charge < -0.3 is 9.32 Å². The van der Waals surface area contributed by atoms with E-state index in [4.69, 9.17) is 26.3 Å². The minimum Gasteiger partial charge on any atom is -0.456 e. The fourth-order valence-electron chi connectivity index (χ4n) is 7.65. The smallest absolute Gasteiger partial charge is 0.136 e. The van der Waals surface area contributed by atoms with E-state index < -0.39 is 54.4 Å². The second-order valence-corrected chi connectivity index (χ2v) is 14.0. The summed E-state index contributed by atoms with van der Waals surface area (Å²) in [6.45, 7) is 0. The molecule has 0 fully saturated rings. The maximum Gasteiger partial charge on any atom is 0.136 e. The topological polar surface area (TPSA) is 16.4 Å². The van der Waals surface area contributed by atoms with E-state index in [1.807, 2.05) is 89.8 Å². The monoisotopic (exact) mass is 782 g/mol. The molecule has 0 spiro atoms. The molecule has 10 aromatic carbocycles. The molecule has 0 atom stereocenters. The average Bonchev–Trinajstić information content (AvgIpc) is 4.00. The first-order valence-corrected chi connectivity index (χ1v) is 19.1. The molecule has 282 valence electrons. The highest BCUT2D eigenvalue weighted by atomic mass is 16.3. The minimum absolute atomic E-state index is 0.0291. The molecule has 0 amide bonds. The van der Waals surface area contributed by atoms with Gasteiger partial charge in [0.05, 0.1) is 29.0 Å². The Kier molecular flexibility index (Phi) is 5.46. The number of rotatable bonds is 8. The highest BCUT2D eigenvalue weighted by Crippen LogP contribution is 2.44. The number of furan rings is 1. The second kappa shape index (κ2) is 15.1. The summed E-state index contributed by atoms with van der Waals surface area (Å²) in [5, 5.41) is 0.690. The van der Waals surface area contributed by atoms with Gasteiger partial charge in [-0.25, -0.2) is 0 Å². The van der Waals surface area contributed by atoms with Crippen LogP contribution < -0.4 is 4.90 Å². The van der Waals surface area contributed by atoms with E-state index in [1.165, 1.54) is 0 Å². The lowest BCUT2D eigenvalue weighted by Crippen LogP contribution is -2.11. The van der Waals surface area contributed by atoms with E-state index in [0.29, 0.717) is 44.9 Å². The maximum absolute atomic E-state index is 9.27. The largest absolute Gasteiger partial charge is 0.456 e. The van der Waals surface area contributed by atoms with E-state index >= 15 is 0 Å². The van der Waals surface area contributed by atoms with Crippen molar-refractivity contribution in [1.29, 1.82) is 0 Å². The van der Waals surface area contributed by atoms with E-state index in [-0.39, 0.29) is 92.2 Å². The van der Waals surface area contributed by atoms with Crippen LogP contribution >= 0.6 is 0 Å². The number of para-hydroxylation sites is 1. The van der Waals surface area contributed by atoms with Gasteiger partial charge in [0.25, 0.3) is 0 Å². The first kappa shape index (κ1) is 21.7. The number of nitrogens with zero attached hydrogens (tertiary/aromatic N) is 1. The summed E-state index contributed by atoms with van der Waals surface area (Å²) in [5.41, 5.74) is 6.77. The predicted molar refractivity (Wildman–Crippen MR) is 253 cm³/mol. The van der Waals surface area contributed by atoms with Crippen molar-refractivity contribution in [2.45, 2.75) is 0 Å². The van der Waals surface area contributed by atoms with Crippen LogP contribution in [0.4, 0.5) is 17.1 Å². The zero-order valence-corrected chi connectivity index (χ0v) is 31.6. The van der Waals surface area contributed by atoms with Gasteiger partial charge in [-0.1, -0.05) is 176 Å². The van der Waals surface area contributed by atoms with Crippen molar-refractivity contribution >= 4 is 49.8 Å². The summed E-state index contributed by atoms with van der Waals surface area (Å²) in [7, 11) is 0. The Balaban J connectivity index is 1.04. The lowest BCUT2D eigenvalue weighted by Gasteiger charge is -2.29. The Hall–Kier alpha value is -7.94. The molecule has 0 aliphatic heterocycles. The summed E-state index contributed by atoms with van der Waals surface area (Å²) in [5.74, 6) is 0. The van der Waals surface area contributed by atoms with Gasteiger partial charge in [-0.05, 0) is 121 Å². The molecule has 0 unspecified atom stereocenters. The molecule has 0 bridgehead atoms. The molecule has 0 aliphatic carbocycles. The van der Waals surface area contributed by atoms with Crippen LogP contribution in [0.2, 0.25) is 0 Å². The molecule has 11 rings (SSSR count). The van der Waals surface area contributed by atoms with Crippen molar-refractivity contribution in [3.05, 3.63) is 236 Å². The van der Waals surface area contributed by atoms with Gasteiger partial charge in [0, 0.05) is 27.7 Å². The summed E-state index contributed by atoms with van der Waals surface area (Å²) >= 11 is 0. The number of fused-ring (bicyclic) bond motifs is 5. The van der Waals surface area contributed by atoms with Crippen molar-refractivity contribution in [3.63, 3.8) is 0 Å².